The molecule has 1 heterocycles. The van der Waals surface area contributed by atoms with Gasteiger partial charge in [0.1, 0.15) is 5.82 Å². The summed E-state index contributed by atoms with van der Waals surface area (Å²) < 4.78 is 15.7. The first-order chi connectivity index (χ1) is 9.47. The highest BCUT2D eigenvalue weighted by atomic mass is 79.9. The zero-order chi connectivity index (χ0) is 14.4. The molecule has 0 bridgehead atoms. The summed E-state index contributed by atoms with van der Waals surface area (Å²) in [6.45, 7) is 1.83. The maximum absolute atomic E-state index is 13.5. The van der Waals surface area contributed by atoms with Crippen LogP contribution in [0.4, 0.5) is 10.3 Å². The molecular formula is C14H10BrClFN3. The summed E-state index contributed by atoms with van der Waals surface area (Å²) in [6, 6.07) is 8.52. The molecule has 2 N–H and O–H groups in total. The maximum Gasteiger partial charge on any atom is 0.205 e. The number of halogens is 3. The summed E-state index contributed by atoms with van der Waals surface area (Å²) in [7, 11) is 0. The smallest absolute Gasteiger partial charge is 0.205 e. The molecule has 0 amide bonds. The van der Waals surface area contributed by atoms with E-state index in [1.165, 1.54) is 6.07 Å². The molecule has 0 radical (unpaired) electrons. The van der Waals surface area contributed by atoms with Crippen molar-refractivity contribution in [2.75, 3.05) is 5.73 Å². The molecule has 3 rings (SSSR count). The molecule has 2 aromatic carbocycles. The van der Waals surface area contributed by atoms with Crippen molar-refractivity contribution < 1.29 is 4.39 Å². The highest BCUT2D eigenvalue weighted by Gasteiger charge is 2.14. The molecule has 0 spiro atoms. The number of aryl methyl sites for hydroxylation is 1. The van der Waals surface area contributed by atoms with Gasteiger partial charge in [-0.1, -0.05) is 11.6 Å². The molecule has 6 heteroatoms. The molecule has 3 nitrogen and oxygen atoms in total. The lowest BCUT2D eigenvalue weighted by Gasteiger charge is -2.11. The Balaban J connectivity index is 2.35. The molecule has 20 heavy (non-hydrogen) atoms. The van der Waals surface area contributed by atoms with E-state index in [1.54, 1.807) is 22.8 Å². The molecule has 1 aromatic heterocycles. The predicted molar refractivity (Wildman–Crippen MR) is 82.9 cm³/mol. The van der Waals surface area contributed by atoms with E-state index in [0.717, 1.165) is 16.8 Å². The van der Waals surface area contributed by atoms with E-state index < -0.39 is 0 Å². The molecule has 0 saturated heterocycles. The number of nitrogen functional groups attached to an aromatic ring is 1. The van der Waals surface area contributed by atoms with Crippen LogP contribution in [0.25, 0.3) is 16.7 Å². The van der Waals surface area contributed by atoms with Gasteiger partial charge in [-0.05, 0) is 58.7 Å². The van der Waals surface area contributed by atoms with E-state index in [1.807, 2.05) is 13.0 Å². The van der Waals surface area contributed by atoms with Crippen molar-refractivity contribution in [3.8, 4) is 5.69 Å². The lowest BCUT2D eigenvalue weighted by atomic mass is 10.2. The average molecular weight is 355 g/mol. The number of rotatable bonds is 1. The van der Waals surface area contributed by atoms with Crippen LogP contribution in [0.15, 0.2) is 34.8 Å². The van der Waals surface area contributed by atoms with Crippen LogP contribution in [0.5, 0.6) is 0 Å². The molecule has 0 saturated carbocycles. The van der Waals surface area contributed by atoms with Crippen LogP contribution < -0.4 is 5.73 Å². The van der Waals surface area contributed by atoms with Crippen molar-refractivity contribution in [3.63, 3.8) is 0 Å². The van der Waals surface area contributed by atoms with Crippen LogP contribution in [0.1, 0.15) is 5.56 Å². The van der Waals surface area contributed by atoms with E-state index in [0.29, 0.717) is 21.0 Å². The van der Waals surface area contributed by atoms with Crippen LogP contribution in [0.2, 0.25) is 5.02 Å². The van der Waals surface area contributed by atoms with Crippen LogP contribution in [0.3, 0.4) is 0 Å². The number of hydrogen-bond donors (Lipinski definition) is 1. The molecule has 0 unspecified atom stereocenters. The zero-order valence-corrected chi connectivity index (χ0v) is 12.8. The maximum atomic E-state index is 13.5. The van der Waals surface area contributed by atoms with Crippen LogP contribution in [-0.4, -0.2) is 9.55 Å². The Bertz CT molecular complexity index is 829. The van der Waals surface area contributed by atoms with Crippen molar-refractivity contribution in [1.29, 1.82) is 0 Å². The van der Waals surface area contributed by atoms with Gasteiger partial charge >= 0.3 is 0 Å². The summed E-state index contributed by atoms with van der Waals surface area (Å²) in [6.07, 6.45) is 0. The minimum absolute atomic E-state index is 0.308. The van der Waals surface area contributed by atoms with Crippen LogP contribution in [-0.2, 0) is 0 Å². The van der Waals surface area contributed by atoms with Gasteiger partial charge in [0, 0.05) is 5.02 Å². The molecule has 0 aliphatic rings. The summed E-state index contributed by atoms with van der Waals surface area (Å²) in [5.74, 6) is 0.0289. The van der Waals surface area contributed by atoms with Crippen molar-refractivity contribution in [2.24, 2.45) is 0 Å². The number of anilines is 1. The Hall–Kier alpha value is -1.59. The second kappa shape index (κ2) is 4.75. The third-order valence-electron chi connectivity index (χ3n) is 3.12. The van der Waals surface area contributed by atoms with Gasteiger partial charge in [0.25, 0.3) is 0 Å². The summed E-state index contributed by atoms with van der Waals surface area (Å²) in [5.41, 5.74) is 9.07. The van der Waals surface area contributed by atoms with Crippen molar-refractivity contribution >= 4 is 44.5 Å². The number of nitrogens with two attached hydrogens (primary N) is 1. The zero-order valence-electron chi connectivity index (χ0n) is 10.5. The topological polar surface area (TPSA) is 43.8 Å². The van der Waals surface area contributed by atoms with Gasteiger partial charge in [-0.25, -0.2) is 9.37 Å². The third-order valence-corrected chi connectivity index (χ3v) is 3.97. The van der Waals surface area contributed by atoms with Crippen molar-refractivity contribution in [1.82, 2.24) is 9.55 Å². The van der Waals surface area contributed by atoms with Gasteiger partial charge < -0.3 is 5.73 Å². The normalized spacial score (nSPS) is 11.2. The lowest BCUT2D eigenvalue weighted by Crippen LogP contribution is -2.03. The molecule has 0 atom stereocenters. The minimum Gasteiger partial charge on any atom is -0.369 e. The number of nitrogens with zero attached hydrogens (tertiary/aromatic N) is 2. The fraction of sp³-hybridized carbons (Fsp3) is 0.0714. The van der Waals surface area contributed by atoms with Gasteiger partial charge in [-0.3, -0.25) is 4.57 Å². The first-order valence-corrected chi connectivity index (χ1v) is 7.04. The van der Waals surface area contributed by atoms with E-state index in [4.69, 9.17) is 17.3 Å². The largest absolute Gasteiger partial charge is 0.369 e. The Labute approximate surface area is 128 Å². The van der Waals surface area contributed by atoms with Gasteiger partial charge in [0.15, 0.2) is 0 Å². The fourth-order valence-corrected chi connectivity index (χ4v) is 2.70. The van der Waals surface area contributed by atoms with Gasteiger partial charge in [0.05, 0.1) is 21.2 Å². The average Bonchev–Trinajstić information content (AvgIpc) is 2.69. The Kier molecular flexibility index (Phi) is 3.18. The van der Waals surface area contributed by atoms with Gasteiger partial charge in [0.2, 0.25) is 5.95 Å². The van der Waals surface area contributed by atoms with Gasteiger partial charge in [-0.15, -0.1) is 0 Å². The SMILES string of the molecule is Cc1cc(F)c(Br)cc1-n1c(N)nc2cc(Cl)ccc21. The standard InChI is InChI=1S/C14H10BrClFN3/c1-7-4-10(17)9(15)6-13(7)20-12-3-2-8(16)5-11(12)19-14(20)18/h2-6H,1H3,(H2,18,19). The first kappa shape index (κ1) is 13.4. The quantitative estimate of drug-likeness (QED) is 0.700. The second-order valence-electron chi connectivity index (χ2n) is 4.49. The van der Waals surface area contributed by atoms with E-state index in [9.17, 15) is 4.39 Å². The molecular weight excluding hydrogens is 345 g/mol. The van der Waals surface area contributed by atoms with E-state index in [2.05, 4.69) is 20.9 Å². The van der Waals surface area contributed by atoms with Gasteiger partial charge in [-0.2, -0.15) is 0 Å². The van der Waals surface area contributed by atoms with E-state index in [-0.39, 0.29) is 5.82 Å². The molecule has 0 fully saturated rings. The summed E-state index contributed by atoms with van der Waals surface area (Å²) in [5, 5.41) is 0.596. The highest BCUT2D eigenvalue weighted by molar-refractivity contribution is 9.10. The molecule has 102 valence electrons. The molecule has 0 aliphatic carbocycles. The number of aromatic nitrogens is 2. The highest BCUT2D eigenvalue weighted by Crippen LogP contribution is 2.30. The Morgan fingerprint density at radius 2 is 2.05 bits per heavy atom. The second-order valence-corrected chi connectivity index (χ2v) is 5.78. The number of fused-ring (bicyclic) bond motifs is 1. The fourth-order valence-electron chi connectivity index (χ4n) is 2.20. The lowest BCUT2D eigenvalue weighted by molar-refractivity contribution is 0.619. The molecule has 0 aliphatic heterocycles. The predicted octanol–water partition coefficient (Wildman–Crippen LogP) is 4.47. The first-order valence-electron chi connectivity index (χ1n) is 5.87. The third kappa shape index (κ3) is 2.07. The minimum atomic E-state index is -0.308. The van der Waals surface area contributed by atoms with Crippen LogP contribution >= 0.6 is 27.5 Å². The van der Waals surface area contributed by atoms with Crippen molar-refractivity contribution in [3.05, 3.63) is 51.2 Å². The van der Waals surface area contributed by atoms with E-state index >= 15 is 0 Å². The monoisotopic (exact) mass is 353 g/mol. The Morgan fingerprint density at radius 1 is 1.30 bits per heavy atom. The number of benzene rings is 2. The summed E-state index contributed by atoms with van der Waals surface area (Å²) >= 11 is 9.15. The Morgan fingerprint density at radius 3 is 2.80 bits per heavy atom. The van der Waals surface area contributed by atoms with Crippen molar-refractivity contribution in [2.45, 2.75) is 6.92 Å². The molecule has 3 aromatic rings. The van der Waals surface area contributed by atoms with Crippen LogP contribution in [0, 0.1) is 12.7 Å². The number of hydrogen-bond acceptors (Lipinski definition) is 2. The summed E-state index contributed by atoms with van der Waals surface area (Å²) in [4.78, 5) is 4.29. The number of imidazole rings is 1.